The van der Waals surface area contributed by atoms with E-state index in [9.17, 15) is 4.79 Å². The Labute approximate surface area is 171 Å². The van der Waals surface area contributed by atoms with Gasteiger partial charge in [-0.2, -0.15) is 0 Å². The topological polar surface area (TPSA) is 44.4 Å². The molecule has 156 valence electrons. The van der Waals surface area contributed by atoms with Crippen LogP contribution in [0.5, 0.6) is 0 Å². The molecule has 28 heavy (non-hydrogen) atoms. The van der Waals surface area contributed by atoms with Gasteiger partial charge in [0, 0.05) is 19.1 Å². The normalized spacial score (nSPS) is 15.6. The molecule has 2 amide bonds. The highest BCUT2D eigenvalue weighted by molar-refractivity contribution is 5.75. The van der Waals surface area contributed by atoms with Crippen LogP contribution in [0.15, 0.2) is 35.9 Å². The Kier molecular flexibility index (Phi) is 10.1. The van der Waals surface area contributed by atoms with Crippen LogP contribution in [0, 0.1) is 5.92 Å². The van der Waals surface area contributed by atoms with Gasteiger partial charge in [-0.05, 0) is 64.1 Å². The predicted octanol–water partition coefficient (Wildman–Crippen LogP) is 5.07. The Morgan fingerprint density at radius 1 is 1.21 bits per heavy atom. The molecule has 2 N–H and O–H groups in total. The van der Waals surface area contributed by atoms with E-state index in [-0.39, 0.29) is 12.1 Å². The van der Waals surface area contributed by atoms with Gasteiger partial charge in [-0.15, -0.1) is 0 Å². The largest absolute Gasteiger partial charge is 0.336 e. The van der Waals surface area contributed by atoms with Crippen LogP contribution >= 0.6 is 0 Å². The highest BCUT2D eigenvalue weighted by Crippen LogP contribution is 2.19. The van der Waals surface area contributed by atoms with Gasteiger partial charge < -0.3 is 15.5 Å². The summed E-state index contributed by atoms with van der Waals surface area (Å²) in [4.78, 5) is 15.0. The number of nitrogens with zero attached hydrogens (tertiary/aromatic N) is 1. The van der Waals surface area contributed by atoms with Crippen molar-refractivity contribution in [3.05, 3.63) is 41.5 Å². The highest BCUT2D eigenvalue weighted by atomic mass is 16.2. The maximum Gasteiger partial charge on any atom is 0.317 e. The van der Waals surface area contributed by atoms with Crippen LogP contribution in [0.2, 0.25) is 0 Å². The molecule has 0 saturated carbocycles. The van der Waals surface area contributed by atoms with E-state index in [4.69, 9.17) is 0 Å². The lowest BCUT2D eigenvalue weighted by Gasteiger charge is -2.31. The smallest absolute Gasteiger partial charge is 0.317 e. The molecule has 1 aliphatic heterocycles. The number of carbonyl (C=O) groups is 1. The zero-order chi connectivity index (χ0) is 20.2. The Balaban J connectivity index is 2.13. The van der Waals surface area contributed by atoms with E-state index in [1.54, 1.807) is 0 Å². The zero-order valence-electron chi connectivity index (χ0n) is 18.0. The average Bonchev–Trinajstić information content (AvgIpc) is 2.68. The summed E-state index contributed by atoms with van der Waals surface area (Å²) in [5.41, 5.74) is 2.58. The minimum Gasteiger partial charge on any atom is -0.336 e. The number of hydrogen-bond donors (Lipinski definition) is 2. The number of carbonyl (C=O) groups excluding carboxylic acids is 1. The predicted molar refractivity (Wildman–Crippen MR) is 119 cm³/mol. The molecule has 0 atom stereocenters. The van der Waals surface area contributed by atoms with Gasteiger partial charge in [0.1, 0.15) is 0 Å². The molecule has 1 fully saturated rings. The third kappa shape index (κ3) is 8.47. The lowest BCUT2D eigenvalue weighted by molar-refractivity contribution is 0.182. The zero-order valence-corrected chi connectivity index (χ0v) is 18.0. The molecular weight excluding hydrogens is 346 g/mol. The fraction of sp³-hybridized carbons (Fsp3) is 0.625. The summed E-state index contributed by atoms with van der Waals surface area (Å²) in [5, 5.41) is 6.54. The van der Waals surface area contributed by atoms with Crippen molar-refractivity contribution in [3.63, 3.8) is 0 Å². The summed E-state index contributed by atoms with van der Waals surface area (Å²) in [6.07, 6.45) is 9.28. The van der Waals surface area contributed by atoms with Crippen molar-refractivity contribution in [1.82, 2.24) is 15.5 Å². The maximum absolute atomic E-state index is 12.9. The molecule has 0 spiro atoms. The Morgan fingerprint density at radius 2 is 1.93 bits per heavy atom. The Morgan fingerprint density at radius 3 is 2.57 bits per heavy atom. The molecule has 0 aliphatic carbocycles. The Hall–Kier alpha value is -1.81. The van der Waals surface area contributed by atoms with Crippen molar-refractivity contribution in [2.24, 2.45) is 5.92 Å². The minimum atomic E-state index is 0.0722. The quantitative estimate of drug-likeness (QED) is 0.552. The van der Waals surface area contributed by atoms with Gasteiger partial charge in [0.05, 0.1) is 0 Å². The van der Waals surface area contributed by atoms with Crippen LogP contribution in [-0.2, 0) is 0 Å². The van der Waals surface area contributed by atoms with Crippen molar-refractivity contribution in [2.45, 2.75) is 65.3 Å². The van der Waals surface area contributed by atoms with E-state index < -0.39 is 0 Å². The lowest BCUT2D eigenvalue weighted by Crippen LogP contribution is -2.47. The van der Waals surface area contributed by atoms with Crippen LogP contribution < -0.4 is 10.6 Å². The van der Waals surface area contributed by atoms with Crippen LogP contribution in [-0.4, -0.2) is 43.2 Å². The number of piperidine rings is 1. The van der Waals surface area contributed by atoms with E-state index in [0.29, 0.717) is 5.92 Å². The van der Waals surface area contributed by atoms with E-state index in [1.165, 1.54) is 30.4 Å². The van der Waals surface area contributed by atoms with Crippen LogP contribution in [0.25, 0.3) is 6.08 Å². The number of rotatable bonds is 10. The molecule has 0 aromatic heterocycles. The van der Waals surface area contributed by atoms with E-state index >= 15 is 0 Å². The van der Waals surface area contributed by atoms with Gasteiger partial charge in [0.15, 0.2) is 0 Å². The first-order chi connectivity index (χ1) is 13.6. The average molecular weight is 386 g/mol. The summed E-state index contributed by atoms with van der Waals surface area (Å²) in [5.74, 6) is 0.591. The van der Waals surface area contributed by atoms with Crippen molar-refractivity contribution >= 4 is 12.1 Å². The first-order valence-corrected chi connectivity index (χ1v) is 11.1. The Bertz CT molecular complexity index is 591. The molecular formula is C24H39N3O. The summed E-state index contributed by atoms with van der Waals surface area (Å²) < 4.78 is 0. The lowest BCUT2D eigenvalue weighted by atomic mass is 9.97. The molecule has 4 heteroatoms. The number of urea groups is 1. The second-order valence-electron chi connectivity index (χ2n) is 8.35. The van der Waals surface area contributed by atoms with Gasteiger partial charge in [-0.1, -0.05) is 61.7 Å². The minimum absolute atomic E-state index is 0.0722. The molecule has 0 bridgehead atoms. The van der Waals surface area contributed by atoms with Crippen molar-refractivity contribution in [2.75, 3.05) is 26.2 Å². The SMILES string of the molecule is CCCCCC(=Cc1ccccc1)CN(CC1CCNCC1)C(=O)NC(C)C. The summed E-state index contributed by atoms with van der Waals surface area (Å²) in [7, 11) is 0. The molecule has 0 radical (unpaired) electrons. The molecule has 2 rings (SSSR count). The van der Waals surface area contributed by atoms with Gasteiger partial charge in [-0.3, -0.25) is 0 Å². The fourth-order valence-corrected chi connectivity index (χ4v) is 3.76. The van der Waals surface area contributed by atoms with Gasteiger partial charge in [0.25, 0.3) is 0 Å². The molecule has 1 aliphatic rings. The summed E-state index contributed by atoms with van der Waals surface area (Å²) in [6, 6.07) is 10.7. The molecule has 1 aromatic rings. The highest BCUT2D eigenvalue weighted by Gasteiger charge is 2.22. The van der Waals surface area contributed by atoms with Gasteiger partial charge in [0.2, 0.25) is 0 Å². The van der Waals surface area contributed by atoms with Gasteiger partial charge >= 0.3 is 6.03 Å². The molecule has 4 nitrogen and oxygen atoms in total. The van der Waals surface area contributed by atoms with Crippen molar-refractivity contribution in [1.29, 1.82) is 0 Å². The van der Waals surface area contributed by atoms with Crippen LogP contribution in [0.1, 0.15) is 64.9 Å². The maximum atomic E-state index is 12.9. The van der Waals surface area contributed by atoms with E-state index in [2.05, 4.69) is 52.8 Å². The summed E-state index contributed by atoms with van der Waals surface area (Å²) in [6.45, 7) is 9.99. The monoisotopic (exact) mass is 385 g/mol. The standard InChI is InChI=1S/C24H39N3O/c1-4-5-7-12-23(17-21-10-8-6-9-11-21)19-27(24(28)26-20(2)3)18-22-13-15-25-16-14-22/h6,8-11,17,20,22,25H,4-5,7,12-16,18-19H2,1-3H3,(H,26,28). The fourth-order valence-electron chi connectivity index (χ4n) is 3.76. The number of amides is 2. The molecule has 1 aromatic carbocycles. The number of benzene rings is 1. The number of nitrogens with one attached hydrogen (secondary N) is 2. The second-order valence-corrected chi connectivity index (χ2v) is 8.35. The van der Waals surface area contributed by atoms with Crippen molar-refractivity contribution < 1.29 is 4.79 Å². The number of hydrogen-bond acceptors (Lipinski definition) is 2. The third-order valence-corrected chi connectivity index (χ3v) is 5.30. The first-order valence-electron chi connectivity index (χ1n) is 11.1. The van der Waals surface area contributed by atoms with E-state index in [0.717, 1.165) is 45.4 Å². The van der Waals surface area contributed by atoms with Crippen LogP contribution in [0.4, 0.5) is 4.79 Å². The third-order valence-electron chi connectivity index (χ3n) is 5.30. The summed E-state index contributed by atoms with van der Waals surface area (Å²) >= 11 is 0. The van der Waals surface area contributed by atoms with Crippen molar-refractivity contribution in [3.8, 4) is 0 Å². The molecule has 1 heterocycles. The molecule has 1 saturated heterocycles. The first kappa shape index (κ1) is 22.5. The molecule has 0 unspecified atom stereocenters. The van der Waals surface area contributed by atoms with E-state index in [1.807, 2.05) is 19.9 Å². The van der Waals surface area contributed by atoms with Crippen LogP contribution in [0.3, 0.4) is 0 Å². The number of unbranched alkanes of at least 4 members (excludes halogenated alkanes) is 2. The van der Waals surface area contributed by atoms with Gasteiger partial charge in [-0.25, -0.2) is 4.79 Å². The second kappa shape index (κ2) is 12.6.